The molecular weight excluding hydrogens is 224 g/mol. The van der Waals surface area contributed by atoms with Gasteiger partial charge in [0.2, 0.25) is 0 Å². The molecule has 3 nitrogen and oxygen atoms in total. The molecule has 1 unspecified atom stereocenters. The van der Waals surface area contributed by atoms with Crippen molar-refractivity contribution in [3.05, 3.63) is 34.9 Å². The van der Waals surface area contributed by atoms with E-state index < -0.39 is 0 Å². The molecular formula is C12H15ClN2O. The molecule has 16 heavy (non-hydrogen) atoms. The van der Waals surface area contributed by atoms with E-state index in [2.05, 4.69) is 0 Å². The van der Waals surface area contributed by atoms with Crippen molar-refractivity contribution < 1.29 is 4.79 Å². The zero-order chi connectivity index (χ0) is 11.5. The summed E-state index contributed by atoms with van der Waals surface area (Å²) < 4.78 is 0. The van der Waals surface area contributed by atoms with Gasteiger partial charge in [0.25, 0.3) is 5.91 Å². The highest BCUT2D eigenvalue weighted by Crippen LogP contribution is 2.20. The largest absolute Gasteiger partial charge is 0.334 e. The average molecular weight is 239 g/mol. The number of likely N-dealkylation sites (tertiary alicyclic amines) is 1. The number of hydrogen-bond acceptors (Lipinski definition) is 2. The zero-order valence-electron chi connectivity index (χ0n) is 9.03. The fourth-order valence-corrected chi connectivity index (χ4v) is 2.33. The second-order valence-corrected chi connectivity index (χ2v) is 4.48. The minimum absolute atomic E-state index is 0.0375. The van der Waals surface area contributed by atoms with Crippen LogP contribution < -0.4 is 5.73 Å². The number of halogens is 1. The smallest absolute Gasteiger partial charge is 0.254 e. The molecule has 1 atom stereocenters. The number of hydrogen-bond donors (Lipinski definition) is 1. The quantitative estimate of drug-likeness (QED) is 0.856. The summed E-state index contributed by atoms with van der Waals surface area (Å²) in [6.07, 6.45) is 2.04. The summed E-state index contributed by atoms with van der Waals surface area (Å²) in [4.78, 5) is 14.0. The third-order valence-corrected chi connectivity index (χ3v) is 3.22. The number of nitrogens with two attached hydrogens (primary N) is 1. The Bertz CT molecular complexity index is 394. The molecule has 2 N–H and O–H groups in total. The van der Waals surface area contributed by atoms with Crippen LogP contribution >= 0.6 is 11.6 Å². The van der Waals surface area contributed by atoms with E-state index in [4.69, 9.17) is 17.3 Å². The molecule has 0 bridgehead atoms. The first-order chi connectivity index (χ1) is 7.72. The number of rotatable bonds is 2. The summed E-state index contributed by atoms with van der Waals surface area (Å²) in [6, 6.07) is 7.24. The Hall–Kier alpha value is -1.06. The Kier molecular flexibility index (Phi) is 3.46. The molecule has 1 aliphatic rings. The van der Waals surface area contributed by atoms with Gasteiger partial charge in [0, 0.05) is 29.7 Å². The van der Waals surface area contributed by atoms with Crippen molar-refractivity contribution in [2.24, 2.45) is 5.73 Å². The first kappa shape index (κ1) is 11.4. The van der Waals surface area contributed by atoms with E-state index in [0.717, 1.165) is 19.4 Å². The van der Waals surface area contributed by atoms with Crippen molar-refractivity contribution in [3.63, 3.8) is 0 Å². The maximum atomic E-state index is 12.2. The van der Waals surface area contributed by atoms with Gasteiger partial charge in [0.15, 0.2) is 0 Å². The molecule has 1 aromatic carbocycles. The summed E-state index contributed by atoms with van der Waals surface area (Å²) >= 11 is 5.87. The summed E-state index contributed by atoms with van der Waals surface area (Å²) in [6.45, 7) is 1.33. The van der Waals surface area contributed by atoms with Crippen LogP contribution in [-0.4, -0.2) is 29.9 Å². The van der Waals surface area contributed by atoms with Crippen LogP contribution in [0.4, 0.5) is 0 Å². The first-order valence-corrected chi connectivity index (χ1v) is 5.87. The first-order valence-electron chi connectivity index (χ1n) is 5.49. The van der Waals surface area contributed by atoms with Crippen LogP contribution in [0.2, 0.25) is 5.02 Å². The van der Waals surface area contributed by atoms with Gasteiger partial charge in [-0.25, -0.2) is 0 Å². The second-order valence-electron chi connectivity index (χ2n) is 4.04. The topological polar surface area (TPSA) is 46.3 Å². The summed E-state index contributed by atoms with van der Waals surface area (Å²) in [5.41, 5.74) is 6.30. The van der Waals surface area contributed by atoms with Gasteiger partial charge in [-0.05, 0) is 31.0 Å². The van der Waals surface area contributed by atoms with Gasteiger partial charge < -0.3 is 10.6 Å². The van der Waals surface area contributed by atoms with Crippen LogP contribution in [0.3, 0.4) is 0 Å². The van der Waals surface area contributed by atoms with Crippen molar-refractivity contribution >= 4 is 17.5 Å². The van der Waals surface area contributed by atoms with Crippen molar-refractivity contribution in [1.29, 1.82) is 0 Å². The molecule has 1 aromatic rings. The van der Waals surface area contributed by atoms with Gasteiger partial charge in [-0.2, -0.15) is 0 Å². The number of amides is 1. The molecule has 0 radical (unpaired) electrons. The lowest BCUT2D eigenvalue weighted by atomic mass is 10.1. The summed E-state index contributed by atoms with van der Waals surface area (Å²) in [7, 11) is 0. The average Bonchev–Trinajstić information content (AvgIpc) is 2.76. The highest BCUT2D eigenvalue weighted by molar-refractivity contribution is 6.30. The third kappa shape index (κ3) is 2.20. The maximum absolute atomic E-state index is 12.2. The number of benzene rings is 1. The number of nitrogens with zero attached hydrogens (tertiary/aromatic N) is 1. The molecule has 1 aliphatic heterocycles. The fraction of sp³-hybridized carbons (Fsp3) is 0.417. The SMILES string of the molecule is NCC1CCCN1C(=O)c1cccc(Cl)c1. The standard InChI is InChI=1S/C12H15ClN2O/c13-10-4-1-3-9(7-10)12(16)15-6-2-5-11(15)8-14/h1,3-4,7,11H,2,5-6,8,14H2. The van der Waals surface area contributed by atoms with Gasteiger partial charge in [-0.15, -0.1) is 0 Å². The van der Waals surface area contributed by atoms with Gasteiger partial charge in [-0.3, -0.25) is 4.79 Å². The Morgan fingerprint density at radius 2 is 2.38 bits per heavy atom. The predicted octanol–water partition coefficient (Wildman–Crippen LogP) is 1.90. The molecule has 1 amide bonds. The van der Waals surface area contributed by atoms with Gasteiger partial charge in [-0.1, -0.05) is 17.7 Å². The normalized spacial score (nSPS) is 20.1. The van der Waals surface area contributed by atoms with E-state index in [1.54, 1.807) is 24.3 Å². The number of carbonyl (C=O) groups excluding carboxylic acids is 1. The third-order valence-electron chi connectivity index (χ3n) is 2.98. The molecule has 0 aromatic heterocycles. The van der Waals surface area contributed by atoms with Crippen LogP contribution in [0, 0.1) is 0 Å². The maximum Gasteiger partial charge on any atom is 0.254 e. The van der Waals surface area contributed by atoms with E-state index in [1.807, 2.05) is 4.90 Å². The summed E-state index contributed by atoms with van der Waals surface area (Å²) in [5.74, 6) is 0.0375. The Morgan fingerprint density at radius 1 is 1.56 bits per heavy atom. The molecule has 1 heterocycles. The predicted molar refractivity (Wildman–Crippen MR) is 64.6 cm³/mol. The van der Waals surface area contributed by atoms with Crippen LogP contribution in [0.5, 0.6) is 0 Å². The van der Waals surface area contributed by atoms with E-state index in [-0.39, 0.29) is 11.9 Å². The van der Waals surface area contributed by atoms with E-state index in [0.29, 0.717) is 17.1 Å². The van der Waals surface area contributed by atoms with Crippen molar-refractivity contribution in [3.8, 4) is 0 Å². The molecule has 0 saturated carbocycles. The van der Waals surface area contributed by atoms with Crippen LogP contribution in [0.25, 0.3) is 0 Å². The number of carbonyl (C=O) groups is 1. The monoisotopic (exact) mass is 238 g/mol. The lowest BCUT2D eigenvalue weighted by molar-refractivity contribution is 0.0741. The Labute approximate surface area is 100 Å². The highest BCUT2D eigenvalue weighted by Gasteiger charge is 2.28. The van der Waals surface area contributed by atoms with Gasteiger partial charge in [0.05, 0.1) is 0 Å². The fourth-order valence-electron chi connectivity index (χ4n) is 2.14. The minimum Gasteiger partial charge on any atom is -0.334 e. The Balaban J connectivity index is 2.18. The zero-order valence-corrected chi connectivity index (χ0v) is 9.78. The molecule has 1 saturated heterocycles. The van der Waals surface area contributed by atoms with E-state index in [1.165, 1.54) is 0 Å². The lowest BCUT2D eigenvalue weighted by Gasteiger charge is -2.23. The summed E-state index contributed by atoms with van der Waals surface area (Å²) in [5, 5.41) is 0.592. The molecule has 4 heteroatoms. The van der Waals surface area contributed by atoms with E-state index in [9.17, 15) is 4.79 Å². The second kappa shape index (κ2) is 4.85. The molecule has 1 fully saturated rings. The molecule has 2 rings (SSSR count). The lowest BCUT2D eigenvalue weighted by Crippen LogP contribution is -2.39. The van der Waals surface area contributed by atoms with Crippen molar-refractivity contribution in [1.82, 2.24) is 4.90 Å². The Morgan fingerprint density at radius 3 is 3.06 bits per heavy atom. The molecule has 0 spiro atoms. The minimum atomic E-state index is 0.0375. The van der Waals surface area contributed by atoms with Crippen LogP contribution in [0.15, 0.2) is 24.3 Å². The van der Waals surface area contributed by atoms with Crippen LogP contribution in [0.1, 0.15) is 23.2 Å². The van der Waals surface area contributed by atoms with E-state index >= 15 is 0 Å². The van der Waals surface area contributed by atoms with Gasteiger partial charge >= 0.3 is 0 Å². The van der Waals surface area contributed by atoms with Gasteiger partial charge in [0.1, 0.15) is 0 Å². The molecule has 0 aliphatic carbocycles. The van der Waals surface area contributed by atoms with Crippen molar-refractivity contribution in [2.45, 2.75) is 18.9 Å². The molecule has 86 valence electrons. The van der Waals surface area contributed by atoms with Crippen LogP contribution in [-0.2, 0) is 0 Å². The van der Waals surface area contributed by atoms with Crippen molar-refractivity contribution in [2.75, 3.05) is 13.1 Å². The highest BCUT2D eigenvalue weighted by atomic mass is 35.5.